The number of thiazole rings is 1. The first-order valence-corrected chi connectivity index (χ1v) is 7.90. The molecule has 4 heteroatoms. The molecule has 20 heavy (non-hydrogen) atoms. The summed E-state index contributed by atoms with van der Waals surface area (Å²) >= 11 is 1.68. The van der Waals surface area contributed by atoms with Gasteiger partial charge in [-0.1, -0.05) is 13.8 Å². The summed E-state index contributed by atoms with van der Waals surface area (Å²) in [5.41, 5.74) is 9.02. The van der Waals surface area contributed by atoms with Gasteiger partial charge in [-0.2, -0.15) is 0 Å². The molecule has 108 valence electrons. The van der Waals surface area contributed by atoms with Crippen molar-refractivity contribution < 1.29 is 4.74 Å². The lowest BCUT2D eigenvalue weighted by Gasteiger charge is -2.15. The van der Waals surface area contributed by atoms with E-state index in [2.05, 4.69) is 36.3 Å². The van der Waals surface area contributed by atoms with Gasteiger partial charge in [0.1, 0.15) is 5.75 Å². The molecule has 1 unspecified atom stereocenters. The Morgan fingerprint density at radius 3 is 2.85 bits per heavy atom. The minimum Gasteiger partial charge on any atom is -0.496 e. The summed E-state index contributed by atoms with van der Waals surface area (Å²) in [6.07, 6.45) is 1.94. The summed E-state index contributed by atoms with van der Waals surface area (Å²) in [4.78, 5) is 4.65. The first-order chi connectivity index (χ1) is 9.69. The number of hydrogen-bond donors (Lipinski definition) is 1. The maximum Gasteiger partial charge on any atom is 0.122 e. The molecule has 0 bridgehead atoms. The minimum absolute atomic E-state index is 0.479. The zero-order valence-electron chi connectivity index (χ0n) is 12.3. The van der Waals surface area contributed by atoms with Gasteiger partial charge in [0.05, 0.1) is 17.8 Å². The van der Waals surface area contributed by atoms with Crippen LogP contribution in [0.5, 0.6) is 5.75 Å². The molecule has 1 aromatic heterocycles. The number of ether oxygens (including phenoxy) is 1. The zero-order chi connectivity index (χ0) is 14.5. The Morgan fingerprint density at radius 2 is 2.20 bits per heavy atom. The van der Waals surface area contributed by atoms with Gasteiger partial charge >= 0.3 is 0 Å². The average molecular weight is 290 g/mol. The second kappa shape index (κ2) is 6.86. The van der Waals surface area contributed by atoms with E-state index in [1.54, 1.807) is 18.4 Å². The van der Waals surface area contributed by atoms with Crippen LogP contribution in [0.25, 0.3) is 11.3 Å². The quantitative estimate of drug-likeness (QED) is 0.879. The number of benzene rings is 1. The number of nitrogens with two attached hydrogens (primary N) is 1. The molecule has 0 spiro atoms. The van der Waals surface area contributed by atoms with Crippen LogP contribution in [0.2, 0.25) is 0 Å². The Bertz CT molecular complexity index is 565. The van der Waals surface area contributed by atoms with E-state index >= 15 is 0 Å². The molecule has 2 aromatic rings. The van der Waals surface area contributed by atoms with E-state index in [0.717, 1.165) is 34.9 Å². The SMILES string of the molecule is CCC(C)c1cc(-c2csc(CCN)n2)ccc1OC. The molecule has 0 radical (unpaired) electrons. The van der Waals surface area contributed by atoms with Gasteiger partial charge in [-0.15, -0.1) is 11.3 Å². The molecule has 0 aliphatic heterocycles. The van der Waals surface area contributed by atoms with Crippen molar-refractivity contribution in [1.29, 1.82) is 0 Å². The maximum atomic E-state index is 5.58. The van der Waals surface area contributed by atoms with Crippen molar-refractivity contribution in [3.63, 3.8) is 0 Å². The summed E-state index contributed by atoms with van der Waals surface area (Å²) in [5.74, 6) is 1.44. The standard InChI is InChI=1S/C16H22N2OS/c1-4-11(2)13-9-12(5-6-15(13)19-3)14-10-20-16(18-14)7-8-17/h5-6,9-11H,4,7-8,17H2,1-3H3. The van der Waals surface area contributed by atoms with Crippen molar-refractivity contribution in [2.24, 2.45) is 5.73 Å². The molecule has 0 saturated carbocycles. The highest BCUT2D eigenvalue weighted by atomic mass is 32.1. The molecule has 1 atom stereocenters. The number of hydrogen-bond acceptors (Lipinski definition) is 4. The van der Waals surface area contributed by atoms with Crippen LogP contribution in [0.15, 0.2) is 23.6 Å². The van der Waals surface area contributed by atoms with Gasteiger partial charge in [-0.3, -0.25) is 0 Å². The summed E-state index contributed by atoms with van der Waals surface area (Å²) in [7, 11) is 1.73. The van der Waals surface area contributed by atoms with Crippen molar-refractivity contribution in [2.45, 2.75) is 32.6 Å². The van der Waals surface area contributed by atoms with E-state index in [0.29, 0.717) is 12.5 Å². The van der Waals surface area contributed by atoms with Crippen LogP contribution in [0, 0.1) is 0 Å². The Labute approximate surface area is 124 Å². The van der Waals surface area contributed by atoms with Crippen LogP contribution < -0.4 is 10.5 Å². The van der Waals surface area contributed by atoms with Crippen molar-refractivity contribution in [2.75, 3.05) is 13.7 Å². The largest absolute Gasteiger partial charge is 0.496 e. The number of aromatic nitrogens is 1. The van der Waals surface area contributed by atoms with Gasteiger partial charge < -0.3 is 10.5 Å². The van der Waals surface area contributed by atoms with E-state index in [1.165, 1.54) is 5.56 Å². The van der Waals surface area contributed by atoms with E-state index in [4.69, 9.17) is 10.5 Å². The fourth-order valence-electron chi connectivity index (χ4n) is 2.18. The van der Waals surface area contributed by atoms with Crippen molar-refractivity contribution in [3.05, 3.63) is 34.2 Å². The van der Waals surface area contributed by atoms with Crippen LogP contribution in [0.1, 0.15) is 36.8 Å². The Kier molecular flexibility index (Phi) is 5.15. The number of rotatable bonds is 6. The highest BCUT2D eigenvalue weighted by Gasteiger charge is 2.13. The fraction of sp³-hybridized carbons (Fsp3) is 0.438. The van der Waals surface area contributed by atoms with E-state index in [9.17, 15) is 0 Å². The van der Waals surface area contributed by atoms with E-state index in [-0.39, 0.29) is 0 Å². The second-order valence-corrected chi connectivity index (χ2v) is 5.87. The molecule has 2 N–H and O–H groups in total. The third-order valence-corrected chi connectivity index (χ3v) is 4.49. The molecule has 1 heterocycles. The topological polar surface area (TPSA) is 48.1 Å². The van der Waals surface area contributed by atoms with Gasteiger partial charge in [0.2, 0.25) is 0 Å². The molecule has 0 saturated heterocycles. The molecular formula is C16H22N2OS. The molecule has 0 amide bonds. The smallest absolute Gasteiger partial charge is 0.122 e. The predicted octanol–water partition coefficient (Wildman–Crippen LogP) is 3.83. The maximum absolute atomic E-state index is 5.58. The van der Waals surface area contributed by atoms with Gasteiger partial charge in [0.25, 0.3) is 0 Å². The van der Waals surface area contributed by atoms with Crippen molar-refractivity contribution in [3.8, 4) is 17.0 Å². The lowest BCUT2D eigenvalue weighted by Crippen LogP contribution is -2.02. The fourth-order valence-corrected chi connectivity index (χ4v) is 3.00. The number of nitrogens with zero attached hydrogens (tertiary/aromatic N) is 1. The van der Waals surface area contributed by atoms with E-state index < -0.39 is 0 Å². The third kappa shape index (κ3) is 3.19. The number of methoxy groups -OCH3 is 1. The molecule has 0 fully saturated rings. The molecule has 3 nitrogen and oxygen atoms in total. The highest BCUT2D eigenvalue weighted by molar-refractivity contribution is 7.09. The first kappa shape index (κ1) is 15.0. The summed E-state index contributed by atoms with van der Waals surface area (Å²) < 4.78 is 5.47. The van der Waals surface area contributed by atoms with Crippen molar-refractivity contribution >= 4 is 11.3 Å². The van der Waals surface area contributed by atoms with Gasteiger partial charge in [-0.05, 0) is 42.6 Å². The Morgan fingerprint density at radius 1 is 1.40 bits per heavy atom. The lowest BCUT2D eigenvalue weighted by molar-refractivity contribution is 0.406. The summed E-state index contributed by atoms with van der Waals surface area (Å²) in [6, 6.07) is 6.32. The summed E-state index contributed by atoms with van der Waals surface area (Å²) in [5, 5.41) is 3.20. The van der Waals surface area contributed by atoms with Gasteiger partial charge in [0.15, 0.2) is 0 Å². The zero-order valence-corrected chi connectivity index (χ0v) is 13.2. The Balaban J connectivity index is 2.36. The highest BCUT2D eigenvalue weighted by Crippen LogP contribution is 2.33. The minimum atomic E-state index is 0.479. The van der Waals surface area contributed by atoms with Gasteiger partial charge in [0, 0.05) is 17.4 Å². The molecule has 0 aliphatic rings. The van der Waals surface area contributed by atoms with Crippen LogP contribution in [-0.2, 0) is 6.42 Å². The van der Waals surface area contributed by atoms with Crippen LogP contribution in [-0.4, -0.2) is 18.6 Å². The van der Waals surface area contributed by atoms with Crippen molar-refractivity contribution in [1.82, 2.24) is 4.98 Å². The predicted molar refractivity (Wildman–Crippen MR) is 85.6 cm³/mol. The third-order valence-electron chi connectivity index (χ3n) is 3.58. The monoisotopic (exact) mass is 290 g/mol. The van der Waals surface area contributed by atoms with Crippen LogP contribution in [0.4, 0.5) is 0 Å². The average Bonchev–Trinajstić information content (AvgIpc) is 2.94. The normalized spacial score (nSPS) is 12.4. The van der Waals surface area contributed by atoms with Gasteiger partial charge in [-0.25, -0.2) is 4.98 Å². The van der Waals surface area contributed by atoms with Crippen LogP contribution >= 0.6 is 11.3 Å². The Hall–Kier alpha value is -1.39. The molecular weight excluding hydrogens is 268 g/mol. The second-order valence-electron chi connectivity index (χ2n) is 4.93. The van der Waals surface area contributed by atoms with Crippen LogP contribution in [0.3, 0.4) is 0 Å². The summed E-state index contributed by atoms with van der Waals surface area (Å²) in [6.45, 7) is 5.06. The first-order valence-electron chi connectivity index (χ1n) is 7.02. The molecule has 2 rings (SSSR count). The lowest BCUT2D eigenvalue weighted by atomic mass is 9.95. The molecule has 1 aromatic carbocycles. The van der Waals surface area contributed by atoms with E-state index in [1.807, 2.05) is 6.07 Å². The molecule has 0 aliphatic carbocycles.